The quantitative estimate of drug-likeness (QED) is 0.300. The van der Waals surface area contributed by atoms with Crippen LogP contribution < -0.4 is 9.47 Å². The number of hydrogen-bond acceptors (Lipinski definition) is 3. The summed E-state index contributed by atoms with van der Waals surface area (Å²) in [7, 11) is 1.67. The number of fused-ring (bicyclic) bond motifs is 1. The summed E-state index contributed by atoms with van der Waals surface area (Å²) < 4.78 is 14.0. The van der Waals surface area contributed by atoms with Gasteiger partial charge in [-0.15, -0.1) is 6.58 Å². The van der Waals surface area contributed by atoms with Gasteiger partial charge in [0, 0.05) is 6.54 Å². The minimum absolute atomic E-state index is 0.386. The first-order chi connectivity index (χ1) is 15.3. The van der Waals surface area contributed by atoms with E-state index < -0.39 is 0 Å². The molecule has 4 aromatic rings. The van der Waals surface area contributed by atoms with Gasteiger partial charge in [0.05, 0.1) is 18.1 Å². The minimum atomic E-state index is 0.386. The van der Waals surface area contributed by atoms with E-state index in [1.54, 1.807) is 7.11 Å². The fourth-order valence-corrected chi connectivity index (χ4v) is 3.84. The summed E-state index contributed by atoms with van der Waals surface area (Å²) in [6, 6.07) is 24.9. The van der Waals surface area contributed by atoms with Crippen LogP contribution in [0.2, 0.25) is 0 Å². The van der Waals surface area contributed by atoms with Crippen molar-refractivity contribution in [2.24, 2.45) is 0 Å². The number of nitrogens with zero attached hydrogens (tertiary/aromatic N) is 2. The molecule has 4 rings (SSSR count). The van der Waals surface area contributed by atoms with Crippen LogP contribution in [0, 0.1) is 0 Å². The molecule has 0 radical (unpaired) electrons. The number of rotatable bonds is 10. The zero-order chi connectivity index (χ0) is 21.5. The number of allylic oxidation sites excluding steroid dienone is 1. The lowest BCUT2D eigenvalue weighted by atomic mass is 10.1. The van der Waals surface area contributed by atoms with Crippen molar-refractivity contribution in [2.75, 3.05) is 7.11 Å². The summed E-state index contributed by atoms with van der Waals surface area (Å²) in [5.74, 6) is 2.37. The highest BCUT2D eigenvalue weighted by molar-refractivity contribution is 5.75. The highest BCUT2D eigenvalue weighted by Gasteiger charge is 2.13. The number of methoxy groups -OCH3 is 1. The molecule has 0 aliphatic carbocycles. The number of para-hydroxylation sites is 2. The molecule has 0 N–H and O–H groups in total. The SMILES string of the molecule is C=CCc1ccc(OCc2nc3ccccc3n2CCCc2ccccc2)c(OC)c1. The molecule has 1 heterocycles. The van der Waals surface area contributed by atoms with Crippen LogP contribution in [0.5, 0.6) is 11.5 Å². The maximum Gasteiger partial charge on any atom is 0.161 e. The Labute approximate surface area is 183 Å². The first-order valence-electron chi connectivity index (χ1n) is 10.7. The molecule has 4 heteroatoms. The molecule has 0 amide bonds. The Hall–Kier alpha value is -3.53. The van der Waals surface area contributed by atoms with E-state index in [0.717, 1.165) is 59.7 Å². The van der Waals surface area contributed by atoms with Crippen LogP contribution in [0.1, 0.15) is 23.4 Å². The van der Waals surface area contributed by atoms with Crippen molar-refractivity contribution in [2.45, 2.75) is 32.4 Å². The van der Waals surface area contributed by atoms with E-state index in [0.29, 0.717) is 6.61 Å². The number of imidazole rings is 1. The minimum Gasteiger partial charge on any atom is -0.493 e. The number of aryl methyl sites for hydroxylation is 2. The molecular formula is C27H28N2O2. The molecule has 158 valence electrons. The number of benzene rings is 3. The topological polar surface area (TPSA) is 36.3 Å². The lowest BCUT2D eigenvalue weighted by Gasteiger charge is -2.13. The Bertz CT molecular complexity index is 1150. The van der Waals surface area contributed by atoms with Crippen LogP contribution in [0.15, 0.2) is 85.5 Å². The third-order valence-corrected chi connectivity index (χ3v) is 5.39. The molecule has 31 heavy (non-hydrogen) atoms. The number of aromatic nitrogens is 2. The van der Waals surface area contributed by atoms with Gasteiger partial charge < -0.3 is 14.0 Å². The van der Waals surface area contributed by atoms with Gasteiger partial charge in [0.1, 0.15) is 12.4 Å². The molecule has 1 aromatic heterocycles. The predicted molar refractivity (Wildman–Crippen MR) is 126 cm³/mol. The first kappa shape index (κ1) is 20.7. The maximum atomic E-state index is 6.15. The maximum absolute atomic E-state index is 6.15. The molecule has 0 saturated heterocycles. The second-order valence-corrected chi connectivity index (χ2v) is 7.52. The predicted octanol–water partition coefficient (Wildman–Crippen LogP) is 5.99. The van der Waals surface area contributed by atoms with Gasteiger partial charge in [-0.25, -0.2) is 4.98 Å². The molecule has 3 aromatic carbocycles. The number of ether oxygens (including phenoxy) is 2. The molecule has 0 aliphatic heterocycles. The summed E-state index contributed by atoms with van der Waals surface area (Å²) in [6.45, 7) is 5.08. The molecule has 0 aliphatic rings. The second-order valence-electron chi connectivity index (χ2n) is 7.52. The van der Waals surface area contributed by atoms with Crippen LogP contribution in [-0.2, 0) is 26.0 Å². The highest BCUT2D eigenvalue weighted by atomic mass is 16.5. The van der Waals surface area contributed by atoms with Crippen LogP contribution in [-0.4, -0.2) is 16.7 Å². The Morgan fingerprint density at radius 1 is 0.935 bits per heavy atom. The van der Waals surface area contributed by atoms with Gasteiger partial charge in [0.15, 0.2) is 11.5 Å². The molecule has 0 saturated carbocycles. The van der Waals surface area contributed by atoms with E-state index in [1.165, 1.54) is 5.56 Å². The molecule has 0 atom stereocenters. The Morgan fingerprint density at radius 2 is 1.74 bits per heavy atom. The molecule has 0 fully saturated rings. The van der Waals surface area contributed by atoms with Crippen molar-refractivity contribution in [1.82, 2.24) is 9.55 Å². The van der Waals surface area contributed by atoms with Crippen LogP contribution in [0.25, 0.3) is 11.0 Å². The van der Waals surface area contributed by atoms with Gasteiger partial charge in [-0.2, -0.15) is 0 Å². The number of hydrogen-bond donors (Lipinski definition) is 0. The molecule has 0 unspecified atom stereocenters. The second kappa shape index (κ2) is 9.98. The van der Waals surface area contributed by atoms with Gasteiger partial charge in [0.2, 0.25) is 0 Å². The zero-order valence-electron chi connectivity index (χ0n) is 18.0. The van der Waals surface area contributed by atoms with Gasteiger partial charge >= 0.3 is 0 Å². The van der Waals surface area contributed by atoms with E-state index in [9.17, 15) is 0 Å². The van der Waals surface area contributed by atoms with Crippen LogP contribution >= 0.6 is 0 Å². The van der Waals surface area contributed by atoms with E-state index in [1.807, 2.05) is 30.3 Å². The summed E-state index contributed by atoms with van der Waals surface area (Å²) in [4.78, 5) is 4.84. The highest BCUT2D eigenvalue weighted by Crippen LogP contribution is 2.29. The fourth-order valence-electron chi connectivity index (χ4n) is 3.84. The monoisotopic (exact) mass is 412 g/mol. The lowest BCUT2D eigenvalue weighted by Crippen LogP contribution is -2.09. The largest absolute Gasteiger partial charge is 0.493 e. The normalized spacial score (nSPS) is 10.9. The summed E-state index contributed by atoms with van der Waals surface area (Å²) in [5, 5.41) is 0. The smallest absolute Gasteiger partial charge is 0.161 e. The average molecular weight is 413 g/mol. The first-order valence-corrected chi connectivity index (χ1v) is 10.7. The third-order valence-electron chi connectivity index (χ3n) is 5.39. The van der Waals surface area contributed by atoms with Gasteiger partial charge in [-0.05, 0) is 54.7 Å². The van der Waals surface area contributed by atoms with Crippen LogP contribution in [0.3, 0.4) is 0 Å². The molecular weight excluding hydrogens is 384 g/mol. The van der Waals surface area contributed by atoms with E-state index in [2.05, 4.69) is 59.7 Å². The molecule has 4 nitrogen and oxygen atoms in total. The van der Waals surface area contributed by atoms with Crippen molar-refractivity contribution >= 4 is 11.0 Å². The van der Waals surface area contributed by atoms with Gasteiger partial charge in [-0.3, -0.25) is 0 Å². The molecule has 0 spiro atoms. The summed E-state index contributed by atoms with van der Waals surface area (Å²) in [6.07, 6.45) is 4.75. The Morgan fingerprint density at radius 3 is 2.55 bits per heavy atom. The van der Waals surface area contributed by atoms with Gasteiger partial charge in [0.25, 0.3) is 0 Å². The summed E-state index contributed by atoms with van der Waals surface area (Å²) in [5.41, 5.74) is 4.64. The average Bonchev–Trinajstić information content (AvgIpc) is 3.16. The van der Waals surface area contributed by atoms with Gasteiger partial charge in [-0.1, -0.05) is 54.6 Å². The lowest BCUT2D eigenvalue weighted by molar-refractivity contribution is 0.271. The van der Waals surface area contributed by atoms with Crippen LogP contribution in [0.4, 0.5) is 0 Å². The fraction of sp³-hybridized carbons (Fsp3) is 0.222. The van der Waals surface area contributed by atoms with Crippen molar-refractivity contribution in [3.63, 3.8) is 0 Å². The summed E-state index contributed by atoms with van der Waals surface area (Å²) >= 11 is 0. The third kappa shape index (κ3) is 4.97. The van der Waals surface area contributed by atoms with E-state index in [4.69, 9.17) is 14.5 Å². The Balaban J connectivity index is 1.52. The van der Waals surface area contributed by atoms with Crippen molar-refractivity contribution in [1.29, 1.82) is 0 Å². The zero-order valence-corrected chi connectivity index (χ0v) is 18.0. The van der Waals surface area contributed by atoms with Crippen molar-refractivity contribution in [3.05, 3.63) is 102 Å². The Kier molecular flexibility index (Phi) is 6.68. The van der Waals surface area contributed by atoms with E-state index >= 15 is 0 Å². The standard InChI is InChI=1S/C27H28N2O2/c1-3-10-22-16-17-25(26(19-22)30-2)31-20-27-28-23-14-7-8-15-24(23)29(27)18-9-13-21-11-5-4-6-12-21/h3-8,11-12,14-17,19H,1,9-10,13,18,20H2,2H3. The van der Waals surface area contributed by atoms with Crippen molar-refractivity contribution in [3.8, 4) is 11.5 Å². The van der Waals surface area contributed by atoms with E-state index in [-0.39, 0.29) is 0 Å². The van der Waals surface area contributed by atoms with Crippen molar-refractivity contribution < 1.29 is 9.47 Å². The molecule has 0 bridgehead atoms.